The average molecular weight is 684 g/mol. The number of allylic oxidation sites excluding steroid dienone is 2. The van der Waals surface area contributed by atoms with Crippen molar-refractivity contribution in [3.8, 4) is 11.5 Å². The summed E-state index contributed by atoms with van der Waals surface area (Å²) in [5.41, 5.74) is 3.49. The van der Waals surface area contributed by atoms with Crippen LogP contribution in [0.5, 0.6) is 11.5 Å². The molecule has 0 aromatic heterocycles. The van der Waals surface area contributed by atoms with E-state index in [2.05, 4.69) is 0 Å². The largest absolute Gasteiger partial charge is 0.504 e. The Morgan fingerprint density at radius 3 is 2.49 bits per heavy atom. The van der Waals surface area contributed by atoms with Gasteiger partial charge in [-0.2, -0.15) is 0 Å². The molecule has 1 heterocycles. The third-order valence-corrected chi connectivity index (χ3v) is 9.05. The molecule has 1 aliphatic carbocycles. The highest BCUT2D eigenvalue weighted by atomic mass is 127. The van der Waals surface area contributed by atoms with Crippen LogP contribution in [0.1, 0.15) is 71.3 Å². The summed E-state index contributed by atoms with van der Waals surface area (Å²) in [6.07, 6.45) is 4.11. The zero-order valence-corrected chi connectivity index (χ0v) is 26.4. The van der Waals surface area contributed by atoms with Crippen LogP contribution in [-0.4, -0.2) is 69.5 Å². The summed E-state index contributed by atoms with van der Waals surface area (Å²) in [7, 11) is 1.50. The van der Waals surface area contributed by atoms with Gasteiger partial charge in [0.1, 0.15) is 0 Å². The zero-order valence-electron chi connectivity index (χ0n) is 24.2. The van der Waals surface area contributed by atoms with Crippen molar-refractivity contribution in [2.24, 2.45) is 23.7 Å². The molecule has 1 aromatic rings. The van der Waals surface area contributed by atoms with E-state index in [-0.39, 0.29) is 43.1 Å². The van der Waals surface area contributed by atoms with Crippen molar-refractivity contribution in [1.29, 1.82) is 0 Å². The molecule has 3 rings (SSSR count). The molecule has 226 valence electrons. The summed E-state index contributed by atoms with van der Waals surface area (Å²) in [5.74, 6) is -2.80. The average Bonchev–Trinajstić information content (AvgIpc) is 3.16. The quantitative estimate of drug-likeness (QED) is 0.0952. The van der Waals surface area contributed by atoms with Crippen LogP contribution in [0.3, 0.4) is 0 Å². The van der Waals surface area contributed by atoms with Gasteiger partial charge in [-0.25, -0.2) is 0 Å². The molecule has 10 heteroatoms. The van der Waals surface area contributed by atoms with Crippen LogP contribution in [0.2, 0.25) is 0 Å². The number of aliphatic hydroxyl groups excluding tert-OH is 2. The van der Waals surface area contributed by atoms with E-state index in [1.807, 2.05) is 55.5 Å². The first-order valence-corrected chi connectivity index (χ1v) is 15.3. The summed E-state index contributed by atoms with van der Waals surface area (Å²) in [6.45, 7) is 5.87. The van der Waals surface area contributed by atoms with Gasteiger partial charge in [0.2, 0.25) is 11.8 Å². The number of aliphatic hydroxyl groups is 2. The smallest absolute Gasteiger partial charge is 0.303 e. The number of phenolic OH excluding ortho intramolecular Hbond substituents is 1. The van der Waals surface area contributed by atoms with E-state index < -0.39 is 29.8 Å². The van der Waals surface area contributed by atoms with Gasteiger partial charge in [0.25, 0.3) is 0 Å². The number of aromatic hydroxyl groups is 1. The van der Waals surface area contributed by atoms with Crippen molar-refractivity contribution in [1.82, 2.24) is 4.90 Å². The highest BCUT2D eigenvalue weighted by molar-refractivity contribution is 14.1. The minimum atomic E-state index is -0.878. The lowest BCUT2D eigenvalue weighted by atomic mass is 9.66. The lowest BCUT2D eigenvalue weighted by Gasteiger charge is -2.38. The van der Waals surface area contributed by atoms with Gasteiger partial charge >= 0.3 is 5.97 Å². The number of hydrogen-bond acceptors (Lipinski definition) is 7. The van der Waals surface area contributed by atoms with Gasteiger partial charge in [-0.3, -0.25) is 19.3 Å². The van der Waals surface area contributed by atoms with E-state index in [9.17, 15) is 29.7 Å². The van der Waals surface area contributed by atoms with Crippen LogP contribution >= 0.6 is 22.6 Å². The Morgan fingerprint density at radius 2 is 1.88 bits per heavy atom. The van der Waals surface area contributed by atoms with Crippen molar-refractivity contribution in [3.05, 3.63) is 38.0 Å². The second-order valence-electron chi connectivity index (χ2n) is 11.4. The molecule has 4 atom stereocenters. The number of likely N-dealkylation sites (tertiary alicyclic amines) is 1. The number of methoxy groups -OCH3 is 1. The van der Waals surface area contributed by atoms with E-state index in [1.165, 1.54) is 12.0 Å². The molecule has 1 saturated heterocycles. The Morgan fingerprint density at radius 1 is 1.17 bits per heavy atom. The van der Waals surface area contributed by atoms with Crippen molar-refractivity contribution < 1.29 is 39.5 Å². The van der Waals surface area contributed by atoms with Crippen molar-refractivity contribution in [3.63, 3.8) is 0 Å². The molecule has 0 bridgehead atoms. The predicted octanol–water partition coefficient (Wildman–Crippen LogP) is 4.76. The molecular formula is C31H42INO8. The number of carboxylic acids is 1. The molecule has 0 radical (unpaired) electrons. The number of unbranched alkanes of at least 4 members (excludes halogenated alkanes) is 2. The maximum atomic E-state index is 13.5. The molecule has 1 fully saturated rings. The number of imide groups is 1. The van der Waals surface area contributed by atoms with Crippen molar-refractivity contribution >= 4 is 46.5 Å². The van der Waals surface area contributed by atoms with Gasteiger partial charge in [0.05, 0.1) is 35.2 Å². The summed E-state index contributed by atoms with van der Waals surface area (Å²) in [4.78, 5) is 38.8. The van der Waals surface area contributed by atoms with Crippen molar-refractivity contribution in [2.45, 2.75) is 71.8 Å². The normalized spacial score (nSPS) is 22.0. The van der Waals surface area contributed by atoms with Gasteiger partial charge in [-0.05, 0) is 90.8 Å². The number of benzene rings is 1. The van der Waals surface area contributed by atoms with Gasteiger partial charge in [0.15, 0.2) is 11.5 Å². The minimum Gasteiger partial charge on any atom is -0.504 e. The summed E-state index contributed by atoms with van der Waals surface area (Å²) in [6, 6.07) is 3.60. The number of nitrogens with zero attached hydrogens (tertiary/aromatic N) is 1. The molecule has 1 aliphatic heterocycles. The first-order chi connectivity index (χ1) is 19.4. The van der Waals surface area contributed by atoms with Crippen LogP contribution in [0.15, 0.2) is 28.9 Å². The molecule has 0 unspecified atom stereocenters. The number of carbonyl (C=O) groups is 3. The fraction of sp³-hybridized carbons (Fsp3) is 0.581. The third-order valence-electron chi connectivity index (χ3n) is 8.23. The molecule has 0 saturated carbocycles. The molecule has 2 amide bonds. The molecule has 1 aromatic carbocycles. The number of halogens is 1. The van der Waals surface area contributed by atoms with Crippen LogP contribution in [-0.2, 0) is 14.4 Å². The number of aliphatic carboxylic acids is 1. The maximum Gasteiger partial charge on any atom is 0.303 e. The Bertz CT molecular complexity index is 1210. The Kier molecular flexibility index (Phi) is 11.8. The van der Waals surface area contributed by atoms with E-state index in [0.29, 0.717) is 53.4 Å². The number of carbonyl (C=O) groups excluding carboxylic acids is 2. The van der Waals surface area contributed by atoms with Gasteiger partial charge in [0, 0.05) is 18.9 Å². The van der Waals surface area contributed by atoms with Gasteiger partial charge < -0.3 is 25.2 Å². The first kappa shape index (κ1) is 33.1. The third kappa shape index (κ3) is 7.70. The predicted molar refractivity (Wildman–Crippen MR) is 163 cm³/mol. The maximum absolute atomic E-state index is 13.5. The van der Waals surface area contributed by atoms with E-state index in [4.69, 9.17) is 9.84 Å². The lowest BCUT2D eigenvalue weighted by Crippen LogP contribution is -2.40. The Hall–Kier alpha value is -2.44. The second-order valence-corrected chi connectivity index (χ2v) is 12.6. The Balaban J connectivity index is 1.77. The van der Waals surface area contributed by atoms with Crippen LogP contribution in [0.25, 0.3) is 6.08 Å². The molecular weight excluding hydrogens is 641 g/mol. The van der Waals surface area contributed by atoms with Crippen LogP contribution in [0.4, 0.5) is 0 Å². The monoisotopic (exact) mass is 683 g/mol. The number of hydrogen-bond donors (Lipinski definition) is 4. The molecule has 4 N–H and O–H groups in total. The summed E-state index contributed by atoms with van der Waals surface area (Å²) in [5, 5.41) is 40.9. The first-order valence-electron chi connectivity index (χ1n) is 14.2. The summed E-state index contributed by atoms with van der Waals surface area (Å²) >= 11 is 2.05. The SMILES string of the molecule is COc1cc(/C=C(\C)CC[C@@H](O)C2=C(C(C)C)C[C@H]3C(=O)N(CCCCCC(=O)O)C(=O)[C@H]3[C@H]2CO)cc(I)c1O. The molecule has 2 aliphatic rings. The number of fused-ring (bicyclic) bond motifs is 1. The zero-order chi connectivity index (χ0) is 30.4. The number of ether oxygens (including phenoxy) is 1. The highest BCUT2D eigenvalue weighted by Crippen LogP contribution is 2.48. The highest BCUT2D eigenvalue weighted by Gasteiger charge is 2.54. The summed E-state index contributed by atoms with van der Waals surface area (Å²) < 4.78 is 5.92. The van der Waals surface area contributed by atoms with Crippen molar-refractivity contribution in [2.75, 3.05) is 20.3 Å². The molecule has 9 nitrogen and oxygen atoms in total. The topological polar surface area (TPSA) is 145 Å². The molecule has 41 heavy (non-hydrogen) atoms. The van der Waals surface area contributed by atoms with E-state index in [1.54, 1.807) is 6.07 Å². The number of carboxylic acid groups (broad SMARTS) is 1. The fourth-order valence-electron chi connectivity index (χ4n) is 6.16. The second kappa shape index (κ2) is 14.6. The van der Waals surface area contributed by atoms with E-state index in [0.717, 1.165) is 16.7 Å². The standard InChI is InChI=1S/C31H42INO8/c1-17(2)20-15-21-28(31(40)33(30(21)39)11-7-5-6-8-26(36)37)22(16-34)27(20)24(35)10-9-18(3)12-19-13-23(32)29(38)25(14-19)41-4/h12-14,17,21-22,24,28,34-35,38H,5-11,15-16H2,1-4H3,(H,36,37)/b18-12+/t21-,22+,24-,28-/m1/s1. The van der Waals surface area contributed by atoms with E-state index >= 15 is 0 Å². The fourth-order valence-corrected chi connectivity index (χ4v) is 6.79. The van der Waals surface area contributed by atoms with Gasteiger partial charge in [-0.15, -0.1) is 0 Å². The van der Waals surface area contributed by atoms with Crippen LogP contribution in [0, 0.1) is 27.2 Å². The Labute approximate surface area is 255 Å². The van der Waals surface area contributed by atoms with Crippen LogP contribution < -0.4 is 4.74 Å². The number of amides is 2. The molecule has 0 spiro atoms. The van der Waals surface area contributed by atoms with Gasteiger partial charge in [-0.1, -0.05) is 37.5 Å². The number of rotatable bonds is 14. The lowest BCUT2D eigenvalue weighted by molar-refractivity contribution is -0.141. The minimum absolute atomic E-state index is 0.0331. The number of phenols is 1.